The monoisotopic (exact) mass is 344 g/mol. The Labute approximate surface area is 152 Å². The van der Waals surface area contributed by atoms with Gasteiger partial charge in [-0.15, -0.1) is 0 Å². The van der Waals surface area contributed by atoms with E-state index in [1.807, 2.05) is 4.90 Å². The van der Waals surface area contributed by atoms with Crippen molar-refractivity contribution in [1.82, 2.24) is 4.90 Å². The van der Waals surface area contributed by atoms with E-state index in [9.17, 15) is 9.59 Å². The number of hydrogen-bond acceptors (Lipinski definition) is 2. The van der Waals surface area contributed by atoms with Gasteiger partial charge in [-0.1, -0.05) is 45.9 Å². The number of carbonyl (C=O) groups is 2. The molecule has 0 N–H and O–H groups in total. The van der Waals surface area contributed by atoms with Crippen LogP contribution >= 0.6 is 0 Å². The lowest BCUT2D eigenvalue weighted by molar-refractivity contribution is -0.132. The SMILES string of the molecule is CC(=O)N(CC(=O)N1CCCCC1)c1c(C(C)C)cccc1C(C)C. The van der Waals surface area contributed by atoms with Crippen LogP contribution in [-0.2, 0) is 9.59 Å². The standard InChI is InChI=1S/C21H32N2O2/c1-15(2)18-10-9-11-19(16(3)4)21(18)23(17(5)24)14-20(25)22-12-7-6-8-13-22/h9-11,15-16H,6-8,12-14H2,1-5H3. The van der Waals surface area contributed by atoms with Gasteiger partial charge in [0.2, 0.25) is 11.8 Å². The number of likely N-dealkylation sites (tertiary alicyclic amines) is 1. The van der Waals surface area contributed by atoms with Crippen LogP contribution in [0.1, 0.15) is 76.8 Å². The van der Waals surface area contributed by atoms with Crippen LogP contribution in [0.5, 0.6) is 0 Å². The van der Waals surface area contributed by atoms with Gasteiger partial charge in [-0.25, -0.2) is 0 Å². The maximum Gasteiger partial charge on any atom is 0.242 e. The first kappa shape index (κ1) is 19.5. The fraction of sp³-hybridized carbons (Fsp3) is 0.619. The van der Waals surface area contributed by atoms with Gasteiger partial charge in [0.25, 0.3) is 0 Å². The van der Waals surface area contributed by atoms with Crippen molar-refractivity contribution >= 4 is 17.5 Å². The van der Waals surface area contributed by atoms with Crippen molar-refractivity contribution < 1.29 is 9.59 Å². The number of hydrogen-bond donors (Lipinski definition) is 0. The molecule has 4 nitrogen and oxygen atoms in total. The Kier molecular flexibility index (Phi) is 6.63. The molecule has 0 unspecified atom stereocenters. The minimum atomic E-state index is -0.0691. The molecular formula is C21H32N2O2. The number of carbonyl (C=O) groups excluding carboxylic acids is 2. The van der Waals surface area contributed by atoms with Gasteiger partial charge in [0, 0.05) is 20.0 Å². The first-order valence-electron chi connectivity index (χ1n) is 9.51. The van der Waals surface area contributed by atoms with Gasteiger partial charge in [0.1, 0.15) is 6.54 Å². The summed E-state index contributed by atoms with van der Waals surface area (Å²) in [5, 5.41) is 0. The third-order valence-electron chi connectivity index (χ3n) is 4.99. The third-order valence-corrected chi connectivity index (χ3v) is 4.99. The van der Waals surface area contributed by atoms with Crippen LogP contribution in [0.15, 0.2) is 18.2 Å². The largest absolute Gasteiger partial charge is 0.341 e. The van der Waals surface area contributed by atoms with Gasteiger partial charge in [0.05, 0.1) is 5.69 Å². The fourth-order valence-electron chi connectivity index (χ4n) is 3.55. The number of rotatable bonds is 5. The second-order valence-corrected chi connectivity index (χ2v) is 7.64. The molecule has 1 aromatic carbocycles. The maximum absolute atomic E-state index is 12.8. The minimum Gasteiger partial charge on any atom is -0.341 e. The van der Waals surface area contributed by atoms with Crippen LogP contribution in [0.3, 0.4) is 0 Å². The summed E-state index contributed by atoms with van der Waals surface area (Å²) in [4.78, 5) is 28.9. The van der Waals surface area contributed by atoms with Crippen LogP contribution in [0, 0.1) is 0 Å². The zero-order valence-corrected chi connectivity index (χ0v) is 16.3. The highest BCUT2D eigenvalue weighted by molar-refractivity contribution is 5.99. The molecule has 1 saturated heterocycles. The lowest BCUT2D eigenvalue weighted by atomic mass is 9.91. The second kappa shape index (κ2) is 8.50. The molecule has 2 amide bonds. The Bertz CT molecular complexity index is 590. The summed E-state index contributed by atoms with van der Waals surface area (Å²) in [6.45, 7) is 11.9. The molecule has 0 aliphatic carbocycles. The van der Waals surface area contributed by atoms with Crippen LogP contribution in [0.2, 0.25) is 0 Å². The highest BCUT2D eigenvalue weighted by atomic mass is 16.2. The zero-order chi connectivity index (χ0) is 18.6. The summed E-state index contributed by atoms with van der Waals surface area (Å²) in [7, 11) is 0. The zero-order valence-electron chi connectivity index (χ0n) is 16.3. The van der Waals surface area contributed by atoms with Gasteiger partial charge in [0.15, 0.2) is 0 Å². The van der Waals surface area contributed by atoms with Crippen LogP contribution < -0.4 is 4.90 Å². The van der Waals surface area contributed by atoms with E-state index in [-0.39, 0.29) is 18.4 Å². The van der Waals surface area contributed by atoms with Gasteiger partial charge in [-0.3, -0.25) is 9.59 Å². The Morgan fingerprint density at radius 2 is 1.52 bits per heavy atom. The van der Waals surface area contributed by atoms with E-state index < -0.39 is 0 Å². The summed E-state index contributed by atoms with van der Waals surface area (Å²) in [6.07, 6.45) is 3.31. The number of nitrogens with zero attached hydrogens (tertiary/aromatic N) is 2. The molecule has 1 aromatic rings. The van der Waals surface area contributed by atoms with Crippen molar-refractivity contribution in [3.05, 3.63) is 29.3 Å². The molecular weight excluding hydrogens is 312 g/mol. The average Bonchev–Trinajstić information content (AvgIpc) is 2.59. The van der Waals surface area contributed by atoms with Crippen molar-refractivity contribution in [3.63, 3.8) is 0 Å². The average molecular weight is 344 g/mol. The number of piperidine rings is 1. The van der Waals surface area contributed by atoms with Crippen molar-refractivity contribution in [3.8, 4) is 0 Å². The van der Waals surface area contributed by atoms with Crippen LogP contribution in [-0.4, -0.2) is 36.3 Å². The minimum absolute atomic E-state index is 0.0585. The number of benzene rings is 1. The van der Waals surface area contributed by atoms with E-state index in [2.05, 4.69) is 45.9 Å². The summed E-state index contributed by atoms with van der Waals surface area (Å²) in [5.74, 6) is 0.574. The lowest BCUT2D eigenvalue weighted by Crippen LogP contribution is -2.44. The Morgan fingerprint density at radius 3 is 1.96 bits per heavy atom. The molecule has 2 rings (SSSR count). The topological polar surface area (TPSA) is 40.6 Å². The molecule has 4 heteroatoms. The summed E-state index contributed by atoms with van der Waals surface area (Å²) < 4.78 is 0. The van der Waals surface area contributed by atoms with E-state index >= 15 is 0 Å². The molecule has 0 radical (unpaired) electrons. The van der Waals surface area contributed by atoms with E-state index in [1.165, 1.54) is 6.42 Å². The van der Waals surface area contributed by atoms with Gasteiger partial charge in [-0.05, 0) is 42.2 Å². The molecule has 1 aliphatic heterocycles. The maximum atomic E-state index is 12.8. The molecule has 0 spiro atoms. The first-order valence-corrected chi connectivity index (χ1v) is 9.51. The summed E-state index contributed by atoms with van der Waals surface area (Å²) in [6, 6.07) is 6.21. The highest BCUT2D eigenvalue weighted by Gasteiger charge is 2.26. The Morgan fingerprint density at radius 1 is 1.00 bits per heavy atom. The number of anilines is 1. The molecule has 138 valence electrons. The molecule has 0 atom stereocenters. The molecule has 1 heterocycles. The quantitative estimate of drug-likeness (QED) is 0.799. The number of para-hydroxylation sites is 1. The second-order valence-electron chi connectivity index (χ2n) is 7.64. The number of amides is 2. The molecule has 0 aromatic heterocycles. The van der Waals surface area contributed by atoms with Gasteiger partial charge < -0.3 is 9.80 Å². The van der Waals surface area contributed by atoms with Gasteiger partial charge >= 0.3 is 0 Å². The van der Waals surface area contributed by atoms with Crippen molar-refractivity contribution in [2.24, 2.45) is 0 Å². The van der Waals surface area contributed by atoms with Gasteiger partial charge in [-0.2, -0.15) is 0 Å². The van der Waals surface area contributed by atoms with E-state index in [4.69, 9.17) is 0 Å². The smallest absolute Gasteiger partial charge is 0.242 e. The molecule has 0 saturated carbocycles. The van der Waals surface area contributed by atoms with Crippen LogP contribution in [0.25, 0.3) is 0 Å². The molecule has 1 aliphatic rings. The van der Waals surface area contributed by atoms with E-state index in [0.717, 1.165) is 42.7 Å². The third kappa shape index (κ3) is 4.62. The van der Waals surface area contributed by atoms with Crippen LogP contribution in [0.4, 0.5) is 5.69 Å². The molecule has 1 fully saturated rings. The lowest BCUT2D eigenvalue weighted by Gasteiger charge is -2.32. The van der Waals surface area contributed by atoms with Crippen molar-refractivity contribution in [1.29, 1.82) is 0 Å². The Hall–Kier alpha value is -1.84. The predicted octanol–water partition coefficient (Wildman–Crippen LogP) is 4.30. The van der Waals surface area contributed by atoms with E-state index in [0.29, 0.717) is 11.8 Å². The molecule has 0 bridgehead atoms. The summed E-state index contributed by atoms with van der Waals surface area (Å²) in [5.41, 5.74) is 3.20. The van der Waals surface area contributed by atoms with Crippen molar-refractivity contribution in [2.75, 3.05) is 24.5 Å². The van der Waals surface area contributed by atoms with Crippen molar-refractivity contribution in [2.45, 2.75) is 65.7 Å². The summed E-state index contributed by atoms with van der Waals surface area (Å²) >= 11 is 0. The molecule has 25 heavy (non-hydrogen) atoms. The normalized spacial score (nSPS) is 14.9. The fourth-order valence-corrected chi connectivity index (χ4v) is 3.55. The predicted molar refractivity (Wildman–Crippen MR) is 103 cm³/mol. The van der Waals surface area contributed by atoms with E-state index in [1.54, 1.807) is 11.8 Å². The first-order chi connectivity index (χ1) is 11.8. The highest BCUT2D eigenvalue weighted by Crippen LogP contribution is 2.35. The Balaban J connectivity index is 2.39.